The molecule has 0 aliphatic carbocycles. The smallest absolute Gasteiger partial charge is 0.268 e. The molecule has 1 amide bonds. The van der Waals surface area contributed by atoms with Crippen molar-refractivity contribution in [3.8, 4) is 6.07 Å². The molecule has 0 radical (unpaired) electrons. The average molecular weight is 295 g/mol. The van der Waals surface area contributed by atoms with E-state index in [0.29, 0.717) is 23.8 Å². The Balaban J connectivity index is 2.23. The highest BCUT2D eigenvalue weighted by atomic mass is 16.2. The fourth-order valence-corrected chi connectivity index (χ4v) is 1.89. The molecule has 2 rings (SSSR count). The second kappa shape index (κ2) is 7.18. The van der Waals surface area contributed by atoms with E-state index in [9.17, 15) is 4.79 Å². The number of hydrogen-bond donors (Lipinski definition) is 1. The van der Waals surface area contributed by atoms with Gasteiger partial charge in [-0.1, -0.05) is 32.0 Å². The summed E-state index contributed by atoms with van der Waals surface area (Å²) in [4.78, 5) is 20.3. The van der Waals surface area contributed by atoms with Gasteiger partial charge >= 0.3 is 0 Å². The van der Waals surface area contributed by atoms with Crippen LogP contribution in [0.25, 0.3) is 0 Å². The van der Waals surface area contributed by atoms with Crippen LogP contribution in [0.15, 0.2) is 42.6 Å². The molecule has 0 fully saturated rings. The summed E-state index contributed by atoms with van der Waals surface area (Å²) in [6.45, 7) is 4.64. The van der Waals surface area contributed by atoms with Crippen molar-refractivity contribution in [2.45, 2.75) is 13.8 Å². The molecule has 0 saturated heterocycles. The molecule has 2 aromatic rings. The van der Waals surface area contributed by atoms with Crippen LogP contribution in [0.5, 0.6) is 0 Å². The van der Waals surface area contributed by atoms with Crippen LogP contribution >= 0.6 is 0 Å². The van der Waals surface area contributed by atoms with Crippen molar-refractivity contribution in [2.24, 2.45) is 5.92 Å². The second-order valence-electron chi connectivity index (χ2n) is 5.16. The number of rotatable bonds is 5. The summed E-state index contributed by atoms with van der Waals surface area (Å²) < 4.78 is 0. The monoisotopic (exact) mass is 295 g/mol. The molecule has 0 atom stereocenters. The first-order valence-electron chi connectivity index (χ1n) is 6.97. The molecule has 0 unspecified atom stereocenters. The molecular weight excluding hydrogens is 278 g/mol. The van der Waals surface area contributed by atoms with Crippen molar-refractivity contribution in [1.29, 1.82) is 5.26 Å². The minimum absolute atomic E-state index is 0.0696. The predicted molar refractivity (Wildman–Crippen MR) is 82.8 cm³/mol. The predicted octanol–water partition coefficient (Wildman–Crippen LogP) is 2.16. The number of nitrogens with zero attached hydrogens (tertiary/aromatic N) is 4. The normalized spacial score (nSPS) is 10.1. The highest BCUT2D eigenvalue weighted by Gasteiger charge is 2.15. The molecule has 0 saturated carbocycles. The van der Waals surface area contributed by atoms with Crippen LogP contribution in [-0.2, 0) is 0 Å². The fourth-order valence-electron chi connectivity index (χ4n) is 1.89. The molecule has 0 spiro atoms. The molecule has 22 heavy (non-hydrogen) atoms. The van der Waals surface area contributed by atoms with E-state index in [-0.39, 0.29) is 11.7 Å². The number of nitrogens with one attached hydrogen (secondary N) is 1. The lowest BCUT2D eigenvalue weighted by Gasteiger charge is -2.25. The number of aromatic nitrogens is 2. The minimum Gasteiger partial charge on any atom is -0.268 e. The van der Waals surface area contributed by atoms with Crippen LogP contribution in [0.4, 0.5) is 5.82 Å². The Morgan fingerprint density at radius 2 is 2.05 bits per heavy atom. The Morgan fingerprint density at radius 3 is 2.68 bits per heavy atom. The third-order valence-electron chi connectivity index (χ3n) is 2.84. The first kappa shape index (κ1) is 15.4. The first-order chi connectivity index (χ1) is 10.6. The van der Waals surface area contributed by atoms with Gasteiger partial charge in [-0.15, -0.1) is 0 Å². The van der Waals surface area contributed by atoms with Gasteiger partial charge in [-0.05, 0) is 18.1 Å². The summed E-state index contributed by atoms with van der Waals surface area (Å²) in [5, 5.41) is 10.5. The Labute approximate surface area is 129 Å². The van der Waals surface area contributed by atoms with Gasteiger partial charge in [0, 0.05) is 24.4 Å². The van der Waals surface area contributed by atoms with Crippen LogP contribution < -0.4 is 10.4 Å². The Hall–Kier alpha value is -2.94. The zero-order valence-corrected chi connectivity index (χ0v) is 12.5. The van der Waals surface area contributed by atoms with Gasteiger partial charge in [0.2, 0.25) is 5.82 Å². The molecule has 6 heteroatoms. The molecule has 0 bridgehead atoms. The van der Waals surface area contributed by atoms with Gasteiger partial charge in [0.05, 0.1) is 0 Å². The molecular formula is C16H17N5O. The number of carbonyl (C=O) groups excluding carboxylic acids is 1. The zero-order valence-electron chi connectivity index (χ0n) is 12.5. The van der Waals surface area contributed by atoms with E-state index in [4.69, 9.17) is 5.26 Å². The van der Waals surface area contributed by atoms with E-state index in [1.807, 2.05) is 26.0 Å². The molecule has 0 aliphatic rings. The van der Waals surface area contributed by atoms with E-state index in [1.54, 1.807) is 35.3 Å². The van der Waals surface area contributed by atoms with Gasteiger partial charge in [0.15, 0.2) is 5.82 Å². The van der Waals surface area contributed by atoms with Crippen LogP contribution in [0.2, 0.25) is 0 Å². The maximum atomic E-state index is 12.3. The van der Waals surface area contributed by atoms with Gasteiger partial charge in [0.25, 0.3) is 5.91 Å². The molecule has 6 nitrogen and oxygen atoms in total. The molecule has 1 aromatic heterocycles. The van der Waals surface area contributed by atoms with Crippen LogP contribution in [0, 0.1) is 17.2 Å². The molecule has 1 aromatic carbocycles. The third-order valence-corrected chi connectivity index (χ3v) is 2.84. The van der Waals surface area contributed by atoms with Gasteiger partial charge in [-0.25, -0.2) is 4.98 Å². The van der Waals surface area contributed by atoms with E-state index < -0.39 is 0 Å². The lowest BCUT2D eigenvalue weighted by Crippen LogP contribution is -2.45. The molecule has 1 N–H and O–H groups in total. The van der Waals surface area contributed by atoms with Gasteiger partial charge in [0.1, 0.15) is 6.07 Å². The molecule has 0 aliphatic heterocycles. The number of anilines is 1. The first-order valence-corrected chi connectivity index (χ1v) is 6.97. The number of benzene rings is 1. The second-order valence-corrected chi connectivity index (χ2v) is 5.16. The quantitative estimate of drug-likeness (QED) is 0.855. The number of nitriles is 1. The summed E-state index contributed by atoms with van der Waals surface area (Å²) in [5.41, 5.74) is 3.39. The zero-order chi connectivity index (χ0) is 15.9. The summed E-state index contributed by atoms with van der Waals surface area (Å²) in [7, 11) is 0. The van der Waals surface area contributed by atoms with Gasteiger partial charge in [-0.3, -0.25) is 15.2 Å². The maximum absolute atomic E-state index is 12.3. The average Bonchev–Trinajstić information content (AvgIpc) is 2.54. The van der Waals surface area contributed by atoms with Gasteiger partial charge in [-0.2, -0.15) is 10.2 Å². The Kier molecular flexibility index (Phi) is 5.04. The van der Waals surface area contributed by atoms with Crippen LogP contribution in [-0.4, -0.2) is 22.4 Å². The Morgan fingerprint density at radius 1 is 1.32 bits per heavy atom. The SMILES string of the molecule is CC(C)CN(NC(=O)c1ccccc1)c1ccnc(C#N)n1. The Bertz CT molecular complexity index is 678. The summed E-state index contributed by atoms with van der Waals surface area (Å²) in [5.74, 6) is 0.639. The summed E-state index contributed by atoms with van der Waals surface area (Å²) >= 11 is 0. The lowest BCUT2D eigenvalue weighted by molar-refractivity contribution is 0.0947. The summed E-state index contributed by atoms with van der Waals surface area (Å²) in [6, 6.07) is 12.5. The molecule has 112 valence electrons. The van der Waals surface area contributed by atoms with Gasteiger partial charge < -0.3 is 0 Å². The van der Waals surface area contributed by atoms with Crippen molar-refractivity contribution in [3.63, 3.8) is 0 Å². The van der Waals surface area contributed by atoms with Crippen molar-refractivity contribution in [2.75, 3.05) is 11.6 Å². The standard InChI is InChI=1S/C16H17N5O/c1-12(2)11-21(15-8-9-18-14(10-17)19-15)20-16(22)13-6-4-3-5-7-13/h3-9,12H,11H2,1-2H3,(H,20,22). The highest BCUT2D eigenvalue weighted by molar-refractivity contribution is 5.94. The summed E-state index contributed by atoms with van der Waals surface area (Å²) in [6.07, 6.45) is 1.50. The maximum Gasteiger partial charge on any atom is 0.269 e. The van der Waals surface area contributed by atoms with Crippen molar-refractivity contribution in [3.05, 3.63) is 54.0 Å². The van der Waals surface area contributed by atoms with Crippen molar-refractivity contribution < 1.29 is 4.79 Å². The van der Waals surface area contributed by atoms with Crippen LogP contribution in [0.1, 0.15) is 30.0 Å². The number of carbonyl (C=O) groups is 1. The topological polar surface area (TPSA) is 81.9 Å². The minimum atomic E-state index is -0.224. The number of hydrogen-bond acceptors (Lipinski definition) is 5. The fraction of sp³-hybridized carbons (Fsp3) is 0.250. The third kappa shape index (κ3) is 4.03. The molecule has 1 heterocycles. The number of amides is 1. The largest absolute Gasteiger partial charge is 0.269 e. The van der Waals surface area contributed by atoms with Crippen molar-refractivity contribution >= 4 is 11.7 Å². The van der Waals surface area contributed by atoms with Crippen LogP contribution in [0.3, 0.4) is 0 Å². The van der Waals surface area contributed by atoms with E-state index >= 15 is 0 Å². The van der Waals surface area contributed by atoms with E-state index in [2.05, 4.69) is 15.4 Å². The van der Waals surface area contributed by atoms with E-state index in [1.165, 1.54) is 6.20 Å². The highest BCUT2D eigenvalue weighted by Crippen LogP contribution is 2.11. The van der Waals surface area contributed by atoms with Crippen molar-refractivity contribution in [1.82, 2.24) is 15.4 Å². The lowest BCUT2D eigenvalue weighted by atomic mass is 10.2. The van der Waals surface area contributed by atoms with E-state index in [0.717, 1.165) is 0 Å². The number of hydrazine groups is 1.